The Morgan fingerprint density at radius 1 is 1.20 bits per heavy atom. The average Bonchev–Trinajstić information content (AvgIpc) is 3.14. The topological polar surface area (TPSA) is 88.3 Å². The standard InChI is InChI=1S/C16H16ClN3OS.C6H11NO/c1-9-5-10(7-11(18)6-9)13-14(17)19-15(22-13)16-3-2-4-20(16)12(21)8-16;8-6-4-2-1-3-5-7-6/h5-7H,2-4,8,18H2,1H3;1-5H2,(H,7,8). The van der Waals surface area contributed by atoms with E-state index in [-0.39, 0.29) is 17.4 Å². The molecule has 2 aromatic rings. The second-order valence-electron chi connectivity index (χ2n) is 8.29. The van der Waals surface area contributed by atoms with Gasteiger partial charge in [-0.15, -0.1) is 11.3 Å². The number of benzene rings is 1. The summed E-state index contributed by atoms with van der Waals surface area (Å²) in [5, 5.41) is 4.27. The first kappa shape index (κ1) is 21.1. The second-order valence-corrected chi connectivity index (χ2v) is 9.65. The maximum absolute atomic E-state index is 11.8. The molecule has 0 bridgehead atoms. The lowest BCUT2D eigenvalue weighted by molar-refractivity contribution is -0.153. The minimum absolute atomic E-state index is 0.195. The number of nitrogens with zero attached hydrogens (tertiary/aromatic N) is 2. The monoisotopic (exact) mass is 446 g/mol. The van der Waals surface area contributed by atoms with Gasteiger partial charge in [0.1, 0.15) is 15.7 Å². The third-order valence-corrected chi connectivity index (χ3v) is 7.67. The van der Waals surface area contributed by atoms with Crippen LogP contribution < -0.4 is 11.1 Å². The number of carbonyl (C=O) groups excluding carboxylic acids is 2. The molecule has 30 heavy (non-hydrogen) atoms. The van der Waals surface area contributed by atoms with Crippen LogP contribution in [0.3, 0.4) is 0 Å². The number of β-lactam (4-membered cyclic amide) rings is 1. The van der Waals surface area contributed by atoms with E-state index in [0.29, 0.717) is 11.6 Å². The number of carbonyl (C=O) groups is 2. The van der Waals surface area contributed by atoms with Crippen molar-refractivity contribution in [1.82, 2.24) is 15.2 Å². The third kappa shape index (κ3) is 4.05. The summed E-state index contributed by atoms with van der Waals surface area (Å²) in [5.41, 5.74) is 8.56. The molecule has 160 valence electrons. The van der Waals surface area contributed by atoms with Crippen LogP contribution >= 0.6 is 22.9 Å². The first-order chi connectivity index (χ1) is 14.4. The zero-order chi connectivity index (χ0) is 21.3. The Bertz CT molecular complexity index is 946. The van der Waals surface area contributed by atoms with E-state index < -0.39 is 0 Å². The molecule has 1 atom stereocenters. The lowest BCUT2D eigenvalue weighted by Gasteiger charge is -2.45. The van der Waals surface area contributed by atoms with Crippen molar-refractivity contribution in [2.45, 2.75) is 57.4 Å². The fourth-order valence-electron chi connectivity index (χ4n) is 4.50. The number of anilines is 1. The Hall–Kier alpha value is -2.12. The van der Waals surface area contributed by atoms with Crippen molar-refractivity contribution < 1.29 is 9.59 Å². The molecular formula is C22H27ClN4O2S. The number of hydrogen-bond donors (Lipinski definition) is 2. The van der Waals surface area contributed by atoms with Crippen LogP contribution in [0.4, 0.5) is 5.69 Å². The molecule has 2 amide bonds. The summed E-state index contributed by atoms with van der Waals surface area (Å²) in [4.78, 5) is 29.8. The number of hydrogen-bond acceptors (Lipinski definition) is 5. The first-order valence-electron chi connectivity index (χ1n) is 10.5. The van der Waals surface area contributed by atoms with Crippen LogP contribution in [0.2, 0.25) is 5.15 Å². The largest absolute Gasteiger partial charge is 0.399 e. The number of nitrogen functional groups attached to an aromatic ring is 1. The Balaban J connectivity index is 0.000000230. The predicted molar refractivity (Wildman–Crippen MR) is 120 cm³/mol. The van der Waals surface area contributed by atoms with Crippen LogP contribution in [0.15, 0.2) is 18.2 Å². The van der Waals surface area contributed by atoms with Gasteiger partial charge in [0.25, 0.3) is 0 Å². The van der Waals surface area contributed by atoms with Crippen LogP contribution in [0.5, 0.6) is 0 Å². The van der Waals surface area contributed by atoms with Gasteiger partial charge in [0.15, 0.2) is 0 Å². The molecule has 8 heteroatoms. The zero-order valence-corrected chi connectivity index (χ0v) is 18.7. The Morgan fingerprint density at radius 2 is 2.03 bits per heavy atom. The summed E-state index contributed by atoms with van der Waals surface area (Å²) in [7, 11) is 0. The van der Waals surface area contributed by atoms with Crippen molar-refractivity contribution in [2.75, 3.05) is 18.8 Å². The highest BCUT2D eigenvalue weighted by molar-refractivity contribution is 7.16. The van der Waals surface area contributed by atoms with Gasteiger partial charge in [-0.25, -0.2) is 4.98 Å². The van der Waals surface area contributed by atoms with Gasteiger partial charge in [-0.05, 0) is 55.9 Å². The highest BCUT2D eigenvalue weighted by Gasteiger charge is 2.56. The third-order valence-electron chi connectivity index (χ3n) is 5.98. The normalized spacial score (nSPS) is 23.1. The van der Waals surface area contributed by atoms with Gasteiger partial charge in [-0.1, -0.05) is 24.1 Å². The number of nitrogens with one attached hydrogen (secondary N) is 1. The highest BCUT2D eigenvalue weighted by atomic mass is 35.5. The van der Waals surface area contributed by atoms with Crippen LogP contribution in [0.1, 0.15) is 55.5 Å². The average molecular weight is 447 g/mol. The number of aryl methyl sites for hydroxylation is 1. The zero-order valence-electron chi connectivity index (χ0n) is 17.2. The molecule has 0 aliphatic carbocycles. The van der Waals surface area contributed by atoms with E-state index in [4.69, 9.17) is 17.3 Å². The summed E-state index contributed by atoms with van der Waals surface area (Å²) in [5.74, 6) is 0.452. The number of thiazole rings is 1. The molecule has 6 nitrogen and oxygen atoms in total. The predicted octanol–water partition coefficient (Wildman–Crippen LogP) is 4.25. The van der Waals surface area contributed by atoms with Crippen molar-refractivity contribution in [2.24, 2.45) is 0 Å². The minimum atomic E-state index is -0.195. The smallest absolute Gasteiger partial charge is 0.226 e. The van der Waals surface area contributed by atoms with Crippen molar-refractivity contribution in [1.29, 1.82) is 0 Å². The second kappa shape index (κ2) is 8.55. The van der Waals surface area contributed by atoms with E-state index in [0.717, 1.165) is 71.9 Å². The molecular weight excluding hydrogens is 420 g/mol. The van der Waals surface area contributed by atoms with E-state index in [1.807, 2.05) is 24.0 Å². The van der Waals surface area contributed by atoms with Crippen molar-refractivity contribution >= 4 is 40.4 Å². The summed E-state index contributed by atoms with van der Waals surface area (Å²) in [6, 6.07) is 5.92. The Kier molecular flexibility index (Phi) is 6.02. The van der Waals surface area contributed by atoms with Crippen LogP contribution in [0, 0.1) is 6.92 Å². The summed E-state index contributed by atoms with van der Waals surface area (Å²) in [6.07, 6.45) is 6.76. The van der Waals surface area contributed by atoms with E-state index in [1.165, 1.54) is 6.42 Å². The molecule has 3 fully saturated rings. The van der Waals surface area contributed by atoms with Crippen molar-refractivity contribution in [3.8, 4) is 10.4 Å². The summed E-state index contributed by atoms with van der Waals surface area (Å²) >= 11 is 7.98. The number of rotatable bonds is 2. The molecule has 3 N–H and O–H groups in total. The Morgan fingerprint density at radius 3 is 2.80 bits per heavy atom. The lowest BCUT2D eigenvalue weighted by Crippen LogP contribution is -2.57. The van der Waals surface area contributed by atoms with E-state index in [2.05, 4.69) is 16.4 Å². The molecule has 1 aromatic heterocycles. The first-order valence-corrected chi connectivity index (χ1v) is 11.7. The van der Waals surface area contributed by atoms with Crippen LogP contribution in [-0.4, -0.2) is 34.8 Å². The lowest BCUT2D eigenvalue weighted by atomic mass is 9.85. The fraction of sp³-hybridized carbons (Fsp3) is 0.500. The highest BCUT2D eigenvalue weighted by Crippen LogP contribution is 2.52. The molecule has 3 saturated heterocycles. The van der Waals surface area contributed by atoms with Gasteiger partial charge >= 0.3 is 0 Å². The van der Waals surface area contributed by atoms with Crippen LogP contribution in [-0.2, 0) is 15.1 Å². The number of halogens is 1. The molecule has 0 saturated carbocycles. The summed E-state index contributed by atoms with van der Waals surface area (Å²) in [6.45, 7) is 3.74. The molecule has 3 aliphatic rings. The van der Waals surface area contributed by atoms with E-state index >= 15 is 0 Å². The number of nitrogens with two attached hydrogens (primary N) is 1. The fourth-order valence-corrected chi connectivity index (χ4v) is 6.03. The van der Waals surface area contributed by atoms with Gasteiger partial charge in [0, 0.05) is 25.2 Å². The van der Waals surface area contributed by atoms with Gasteiger partial charge in [-0.2, -0.15) is 0 Å². The number of fused-ring (bicyclic) bond motifs is 1. The van der Waals surface area contributed by atoms with Crippen molar-refractivity contribution in [3.05, 3.63) is 33.9 Å². The van der Waals surface area contributed by atoms with Gasteiger partial charge in [0.05, 0.1) is 11.3 Å². The SMILES string of the molecule is Cc1cc(N)cc(-c2sc(C34CCCN3C(=O)C4)nc2Cl)c1.O=C1CCCCCN1. The molecule has 3 aliphatic heterocycles. The quantitative estimate of drug-likeness (QED) is 0.533. The van der Waals surface area contributed by atoms with Crippen LogP contribution in [0.25, 0.3) is 10.4 Å². The number of aromatic nitrogens is 1. The molecule has 5 rings (SSSR count). The molecule has 0 radical (unpaired) electrons. The van der Waals surface area contributed by atoms with E-state index in [9.17, 15) is 9.59 Å². The summed E-state index contributed by atoms with van der Waals surface area (Å²) < 4.78 is 0. The minimum Gasteiger partial charge on any atom is -0.399 e. The van der Waals surface area contributed by atoms with Gasteiger partial charge in [-0.3, -0.25) is 9.59 Å². The Labute approximate surface area is 185 Å². The molecule has 1 unspecified atom stereocenters. The van der Waals surface area contributed by atoms with E-state index in [1.54, 1.807) is 11.3 Å². The molecule has 1 aromatic carbocycles. The van der Waals surface area contributed by atoms with Gasteiger partial charge in [0.2, 0.25) is 11.8 Å². The number of amides is 2. The van der Waals surface area contributed by atoms with Crippen molar-refractivity contribution in [3.63, 3.8) is 0 Å². The maximum Gasteiger partial charge on any atom is 0.226 e. The maximum atomic E-state index is 11.8. The van der Waals surface area contributed by atoms with Gasteiger partial charge < -0.3 is 16.0 Å². The molecule has 4 heterocycles. The molecule has 0 spiro atoms.